The summed E-state index contributed by atoms with van der Waals surface area (Å²) in [6.45, 7) is 2.57. The van der Waals surface area contributed by atoms with Gasteiger partial charge in [-0.05, 0) is 47.2 Å². The Hall–Kier alpha value is -1.08. The molecule has 0 aliphatic rings. The number of halogens is 4. The van der Waals surface area contributed by atoms with Crippen molar-refractivity contribution in [1.29, 1.82) is 0 Å². The van der Waals surface area contributed by atoms with Gasteiger partial charge in [-0.3, -0.25) is 0 Å². The van der Waals surface area contributed by atoms with Crippen molar-refractivity contribution in [3.63, 3.8) is 0 Å². The van der Waals surface area contributed by atoms with Gasteiger partial charge >= 0.3 is 0 Å². The Morgan fingerprint density at radius 2 is 1.71 bits per heavy atom. The average Bonchev–Trinajstić information content (AvgIpc) is 2.42. The van der Waals surface area contributed by atoms with Crippen molar-refractivity contribution in [2.75, 3.05) is 6.54 Å². The molecule has 0 heterocycles. The summed E-state index contributed by atoms with van der Waals surface area (Å²) in [4.78, 5) is 0. The normalized spacial score (nSPS) is 12.4. The second-order valence-electron chi connectivity index (χ2n) is 4.69. The third kappa shape index (κ3) is 3.77. The van der Waals surface area contributed by atoms with Gasteiger partial charge in [0, 0.05) is 21.3 Å². The maximum Gasteiger partial charge on any atom is 0.134 e. The van der Waals surface area contributed by atoms with Crippen LogP contribution in [0.1, 0.15) is 30.5 Å². The molecular formula is C16H15F3IN. The van der Waals surface area contributed by atoms with Crippen LogP contribution >= 0.6 is 22.6 Å². The van der Waals surface area contributed by atoms with Crippen LogP contribution in [0, 0.1) is 21.0 Å². The molecular weight excluding hydrogens is 390 g/mol. The Morgan fingerprint density at radius 3 is 2.29 bits per heavy atom. The van der Waals surface area contributed by atoms with E-state index in [9.17, 15) is 13.2 Å². The molecule has 0 aliphatic carbocycles. The van der Waals surface area contributed by atoms with Crippen LogP contribution in [0.4, 0.5) is 13.2 Å². The number of benzene rings is 2. The third-order valence-corrected chi connectivity index (χ3v) is 4.13. The van der Waals surface area contributed by atoms with Crippen molar-refractivity contribution in [1.82, 2.24) is 5.32 Å². The van der Waals surface area contributed by atoms with Crippen LogP contribution in [0.3, 0.4) is 0 Å². The van der Waals surface area contributed by atoms with Gasteiger partial charge in [0.05, 0.1) is 6.04 Å². The molecule has 2 rings (SSSR count). The molecule has 1 N–H and O–H groups in total. The minimum absolute atomic E-state index is 0.144. The molecule has 1 nitrogen and oxygen atoms in total. The van der Waals surface area contributed by atoms with Crippen molar-refractivity contribution >= 4 is 22.6 Å². The highest BCUT2D eigenvalue weighted by molar-refractivity contribution is 14.1. The zero-order valence-corrected chi connectivity index (χ0v) is 13.6. The lowest BCUT2D eigenvalue weighted by Gasteiger charge is -2.22. The Labute approximate surface area is 135 Å². The van der Waals surface area contributed by atoms with E-state index in [1.54, 1.807) is 0 Å². The summed E-state index contributed by atoms with van der Waals surface area (Å²) < 4.78 is 42.2. The van der Waals surface area contributed by atoms with Crippen molar-refractivity contribution < 1.29 is 13.2 Å². The van der Waals surface area contributed by atoms with Crippen LogP contribution in [-0.2, 0) is 0 Å². The Morgan fingerprint density at radius 1 is 1.10 bits per heavy atom. The van der Waals surface area contributed by atoms with Crippen molar-refractivity contribution in [3.8, 4) is 0 Å². The first-order chi connectivity index (χ1) is 10.0. The van der Waals surface area contributed by atoms with E-state index in [4.69, 9.17) is 0 Å². The Kier molecular flexibility index (Phi) is 5.64. The molecule has 2 aromatic rings. The molecule has 0 fully saturated rings. The quantitative estimate of drug-likeness (QED) is 0.705. The molecule has 112 valence electrons. The maximum atomic E-state index is 14.1. The lowest BCUT2D eigenvalue weighted by Crippen LogP contribution is -2.26. The lowest BCUT2D eigenvalue weighted by atomic mass is 9.97. The van der Waals surface area contributed by atoms with Gasteiger partial charge in [0.2, 0.25) is 0 Å². The van der Waals surface area contributed by atoms with Crippen LogP contribution in [0.2, 0.25) is 0 Å². The Balaban J connectivity index is 2.54. The molecule has 1 atom stereocenters. The molecule has 0 saturated heterocycles. The summed E-state index contributed by atoms with van der Waals surface area (Å²) in [5, 5.41) is 3.14. The standard InChI is InChI=1S/C16H15F3IN/c1-2-7-21-16(11-5-3-4-6-14(11)20)15-12(18)8-10(17)9-13(15)19/h3-6,8-9,16,21H,2,7H2,1H3. The zero-order chi connectivity index (χ0) is 15.4. The second kappa shape index (κ2) is 7.26. The second-order valence-corrected chi connectivity index (χ2v) is 5.85. The van der Waals surface area contributed by atoms with E-state index in [1.807, 2.05) is 31.2 Å². The molecule has 0 aliphatic heterocycles. The Bertz CT molecular complexity index is 608. The number of nitrogens with one attached hydrogen (secondary N) is 1. The van der Waals surface area contributed by atoms with Crippen LogP contribution in [0.25, 0.3) is 0 Å². The molecule has 0 radical (unpaired) electrons. The summed E-state index contributed by atoms with van der Waals surface area (Å²) >= 11 is 2.13. The van der Waals surface area contributed by atoms with E-state index in [-0.39, 0.29) is 5.56 Å². The molecule has 21 heavy (non-hydrogen) atoms. The van der Waals surface area contributed by atoms with Gasteiger partial charge in [0.25, 0.3) is 0 Å². The summed E-state index contributed by atoms with van der Waals surface area (Å²) in [5.74, 6) is -2.66. The maximum absolute atomic E-state index is 14.1. The summed E-state index contributed by atoms with van der Waals surface area (Å²) in [6.07, 6.45) is 0.824. The smallest absolute Gasteiger partial charge is 0.134 e. The number of hydrogen-bond donors (Lipinski definition) is 1. The highest BCUT2D eigenvalue weighted by Crippen LogP contribution is 2.30. The average molecular weight is 405 g/mol. The zero-order valence-electron chi connectivity index (χ0n) is 11.5. The molecule has 0 aromatic heterocycles. The van der Waals surface area contributed by atoms with Gasteiger partial charge in [-0.1, -0.05) is 25.1 Å². The fourth-order valence-electron chi connectivity index (χ4n) is 2.19. The SMILES string of the molecule is CCCNC(c1ccccc1I)c1c(F)cc(F)cc1F. The molecule has 5 heteroatoms. The number of hydrogen-bond acceptors (Lipinski definition) is 1. The highest BCUT2D eigenvalue weighted by Gasteiger charge is 2.24. The van der Waals surface area contributed by atoms with E-state index >= 15 is 0 Å². The molecule has 0 spiro atoms. The minimum Gasteiger partial charge on any atom is -0.306 e. The predicted octanol–water partition coefficient (Wildman–Crippen LogP) is 4.80. The van der Waals surface area contributed by atoms with Crippen molar-refractivity contribution in [2.45, 2.75) is 19.4 Å². The predicted molar refractivity (Wildman–Crippen MR) is 85.6 cm³/mol. The molecule has 0 bridgehead atoms. The van der Waals surface area contributed by atoms with Crippen LogP contribution in [0.5, 0.6) is 0 Å². The molecule has 0 saturated carbocycles. The third-order valence-electron chi connectivity index (χ3n) is 3.15. The highest BCUT2D eigenvalue weighted by atomic mass is 127. The van der Waals surface area contributed by atoms with Gasteiger partial charge in [-0.15, -0.1) is 0 Å². The van der Waals surface area contributed by atoms with Crippen LogP contribution in [-0.4, -0.2) is 6.54 Å². The minimum atomic E-state index is -0.911. The molecule has 0 amide bonds. The van der Waals surface area contributed by atoms with Crippen molar-refractivity contribution in [2.24, 2.45) is 0 Å². The van der Waals surface area contributed by atoms with E-state index in [0.717, 1.165) is 27.7 Å². The first-order valence-corrected chi connectivity index (χ1v) is 7.74. The summed E-state index contributed by atoms with van der Waals surface area (Å²) in [5.41, 5.74) is 0.630. The van der Waals surface area contributed by atoms with Gasteiger partial charge < -0.3 is 5.32 Å². The molecule has 2 aromatic carbocycles. The monoisotopic (exact) mass is 405 g/mol. The van der Waals surface area contributed by atoms with Gasteiger partial charge in [0.1, 0.15) is 17.5 Å². The first kappa shape index (κ1) is 16.3. The van der Waals surface area contributed by atoms with E-state index in [1.165, 1.54) is 0 Å². The summed E-state index contributed by atoms with van der Waals surface area (Å²) in [7, 11) is 0. The van der Waals surface area contributed by atoms with Crippen LogP contribution in [0.15, 0.2) is 36.4 Å². The fraction of sp³-hybridized carbons (Fsp3) is 0.250. The van der Waals surface area contributed by atoms with Gasteiger partial charge in [0.15, 0.2) is 0 Å². The van der Waals surface area contributed by atoms with Crippen LogP contribution < -0.4 is 5.32 Å². The molecule has 1 unspecified atom stereocenters. The number of rotatable bonds is 5. The van der Waals surface area contributed by atoms with Gasteiger partial charge in [-0.25, -0.2) is 13.2 Å². The first-order valence-electron chi connectivity index (χ1n) is 6.66. The van der Waals surface area contributed by atoms with Crippen molar-refractivity contribution in [3.05, 3.63) is 68.5 Å². The largest absolute Gasteiger partial charge is 0.306 e. The van der Waals surface area contributed by atoms with E-state index in [2.05, 4.69) is 27.9 Å². The fourth-order valence-corrected chi connectivity index (χ4v) is 2.89. The lowest BCUT2D eigenvalue weighted by molar-refractivity contribution is 0.486. The van der Waals surface area contributed by atoms with Gasteiger partial charge in [-0.2, -0.15) is 0 Å². The van der Waals surface area contributed by atoms with E-state index < -0.39 is 23.5 Å². The topological polar surface area (TPSA) is 12.0 Å². The summed E-state index contributed by atoms with van der Waals surface area (Å²) in [6, 6.07) is 8.16. The van der Waals surface area contributed by atoms with E-state index in [0.29, 0.717) is 6.54 Å².